The van der Waals surface area contributed by atoms with Crippen LogP contribution in [0.1, 0.15) is 15.9 Å². The number of hydrogen-bond donors (Lipinski definition) is 2. The molecule has 0 aliphatic carbocycles. The van der Waals surface area contributed by atoms with Crippen molar-refractivity contribution in [1.29, 1.82) is 0 Å². The smallest absolute Gasteiger partial charge is 0.258 e. The van der Waals surface area contributed by atoms with Gasteiger partial charge in [-0.3, -0.25) is 10.1 Å². The molecule has 0 unspecified atom stereocenters. The van der Waals surface area contributed by atoms with Crippen molar-refractivity contribution in [3.63, 3.8) is 0 Å². The zero-order chi connectivity index (χ0) is 27.8. The van der Waals surface area contributed by atoms with Crippen LogP contribution in [-0.2, 0) is 0 Å². The van der Waals surface area contributed by atoms with E-state index in [1.165, 1.54) is 0 Å². The van der Waals surface area contributed by atoms with Crippen LogP contribution in [0.4, 0.5) is 0 Å². The fourth-order valence-electron chi connectivity index (χ4n) is 3.93. The van der Waals surface area contributed by atoms with Crippen LogP contribution in [0.5, 0.6) is 0 Å². The van der Waals surface area contributed by atoms with Crippen molar-refractivity contribution in [1.82, 2.24) is 5.32 Å². The Hall–Kier alpha value is -2.77. The summed E-state index contributed by atoms with van der Waals surface area (Å²) in [4.78, 5) is 13.4. The predicted octanol–water partition coefficient (Wildman–Crippen LogP) is 2.20. The first-order valence-electron chi connectivity index (χ1n) is 11.2. The normalized spacial score (nSPS) is 11.1. The van der Waals surface area contributed by atoms with E-state index in [9.17, 15) is 4.79 Å². The maximum atomic E-state index is 13.4. The first-order valence-corrected chi connectivity index (χ1v) is 15.0. The molecule has 0 fully saturated rings. The van der Waals surface area contributed by atoms with Crippen molar-refractivity contribution in [3.05, 3.63) is 136 Å². The number of nitrogens with one attached hydrogen (secondary N) is 1. The zero-order valence-electron chi connectivity index (χ0n) is 20.1. The van der Waals surface area contributed by atoms with E-state index in [2.05, 4.69) is 41.7 Å². The van der Waals surface area contributed by atoms with Gasteiger partial charge in [0, 0.05) is 5.56 Å². The van der Waals surface area contributed by atoms with Gasteiger partial charge in [0.2, 0.25) is 5.44 Å². The summed E-state index contributed by atoms with van der Waals surface area (Å²) in [6, 6.07) is 37.8. The van der Waals surface area contributed by atoms with Gasteiger partial charge in [-0.15, -0.1) is 0 Å². The molecule has 4 aromatic rings. The summed E-state index contributed by atoms with van der Waals surface area (Å²) < 4.78 is 32.8. The van der Waals surface area contributed by atoms with E-state index in [1.54, 1.807) is 12.1 Å². The van der Waals surface area contributed by atoms with Gasteiger partial charge in [0.05, 0.1) is 14.9 Å². The van der Waals surface area contributed by atoms with Gasteiger partial charge in [-0.2, -0.15) is 14.0 Å². The number of rotatable bonds is 6. The highest BCUT2D eigenvalue weighted by Crippen LogP contribution is 2.63. The van der Waals surface area contributed by atoms with Crippen LogP contribution < -0.4 is 35.2 Å². The molecule has 38 heavy (non-hydrogen) atoms. The third-order valence-electron chi connectivity index (χ3n) is 5.49. The molecule has 2 N–H and O–H groups in total. The molecule has 0 spiro atoms. The van der Waals surface area contributed by atoms with E-state index in [-0.39, 0.29) is 10.4 Å². The molecule has 0 saturated carbocycles. The molecule has 0 saturated heterocycles. The molecule has 0 heterocycles. The van der Waals surface area contributed by atoms with Crippen molar-refractivity contribution in [2.75, 3.05) is 0 Å². The Labute approximate surface area is 233 Å². The fourth-order valence-corrected chi connectivity index (χ4v) is 8.84. The van der Waals surface area contributed by atoms with E-state index >= 15 is 0 Å². The number of amides is 1. The Morgan fingerprint density at radius 3 is 1.37 bits per heavy atom. The first-order chi connectivity index (χ1) is 18.0. The molecule has 0 bridgehead atoms. The Balaban J connectivity index is 0.000000732. The van der Waals surface area contributed by atoms with Crippen LogP contribution in [0.3, 0.4) is 0 Å². The van der Waals surface area contributed by atoms with Crippen LogP contribution in [0.25, 0.3) is 0 Å². The topological polar surface area (TPSA) is 119 Å². The largest absolute Gasteiger partial charge is 0.290 e. The first kappa shape index (κ1) is 29.8. The maximum absolute atomic E-state index is 13.4. The van der Waals surface area contributed by atoms with Gasteiger partial charge in [0.1, 0.15) is 15.9 Å². The molecule has 0 aliphatic rings. The second kappa shape index (κ2) is 13.3. The quantitative estimate of drug-likeness (QED) is 0.334. The summed E-state index contributed by atoms with van der Waals surface area (Å²) in [6.45, 7) is 1.99. The van der Waals surface area contributed by atoms with Gasteiger partial charge >= 0.3 is 0 Å². The highest BCUT2D eigenvalue weighted by atomic mass is 35.7. The molecule has 0 aromatic heterocycles. The maximum Gasteiger partial charge on any atom is 0.258 e. The minimum atomic E-state index is -4.69. The van der Waals surface area contributed by atoms with Crippen LogP contribution in [0.2, 0.25) is 0 Å². The lowest BCUT2D eigenvalue weighted by Gasteiger charge is -2.29. The van der Waals surface area contributed by atoms with Gasteiger partial charge < -0.3 is 0 Å². The van der Waals surface area contributed by atoms with E-state index in [1.807, 2.05) is 73.7 Å². The van der Waals surface area contributed by atoms with Crippen molar-refractivity contribution >= 4 is 52.3 Å². The number of aryl methyl sites for hydroxylation is 1. The molecule has 196 valence electrons. The van der Waals surface area contributed by atoms with Crippen LogP contribution in [-0.4, -0.2) is 10.6 Å². The second-order valence-electron chi connectivity index (χ2n) is 8.00. The number of hydrogen-bond acceptors (Lipinski definition) is 5. The number of carbonyl (C=O) groups is 1. The Morgan fingerprint density at radius 2 is 1.05 bits per heavy atom. The predicted molar refractivity (Wildman–Crippen MR) is 145 cm³/mol. The second-order valence-corrected chi connectivity index (χ2v) is 13.1. The van der Waals surface area contributed by atoms with Gasteiger partial charge in [0.15, 0.2) is 11.8 Å². The van der Waals surface area contributed by atoms with E-state index in [4.69, 9.17) is 41.8 Å². The van der Waals surface area contributed by atoms with E-state index in [0.29, 0.717) is 11.0 Å². The van der Waals surface area contributed by atoms with E-state index < -0.39 is 17.5 Å². The molecule has 0 radical (unpaired) electrons. The molecule has 4 aromatic carbocycles. The summed E-state index contributed by atoms with van der Waals surface area (Å²) in [5.41, 5.74) is 2.14. The third kappa shape index (κ3) is 7.64. The van der Waals surface area contributed by atoms with Gasteiger partial charge in [-0.1, -0.05) is 95.5 Å². The summed E-state index contributed by atoms with van der Waals surface area (Å²) >= 11 is 13.2. The van der Waals surface area contributed by atoms with Crippen molar-refractivity contribution in [2.24, 2.45) is 0 Å². The number of benzene rings is 4. The molecule has 0 atom stereocenters. The van der Waals surface area contributed by atoms with Crippen LogP contribution in [0.15, 0.2) is 125 Å². The summed E-state index contributed by atoms with van der Waals surface area (Å²) in [5, 5.41) is 6.24. The summed E-state index contributed by atoms with van der Waals surface area (Å²) in [5.74, 6) is -0.254. The Bertz CT molecular complexity index is 1260. The minimum Gasteiger partial charge on any atom is -0.290 e. The Morgan fingerprint density at radius 1 is 0.711 bits per heavy atom. The lowest BCUT2D eigenvalue weighted by Crippen LogP contribution is -2.58. The Kier molecular flexibility index (Phi) is 10.5. The minimum absolute atomic E-state index is 0.0420. The van der Waals surface area contributed by atoms with Crippen LogP contribution in [0, 0.1) is 17.2 Å². The fraction of sp³-hybridized carbons (Fsp3) is 0.0357. The standard InChI is InChI=1S/C28H22Cl2NOP.ClHO4/c1-21-17-19-22(20-18-21)27(32)31-28(26(29)30)33(23-11-5-2-6-12-23,24-13-7-3-8-14-24)25-15-9-4-10-16-25;2-1(3,4)5/h2-20H,1H3;(H,2,3,4,5)/p+1. The summed E-state index contributed by atoms with van der Waals surface area (Å²) in [7, 11) is -7.31. The molecule has 0 aliphatic heterocycles. The molecular formula is C28H24Cl3NO5P+. The molecular weight excluding hydrogens is 568 g/mol. The monoisotopic (exact) mass is 590 g/mol. The average molecular weight is 592 g/mol. The lowest BCUT2D eigenvalue weighted by molar-refractivity contribution is -1.92. The highest BCUT2D eigenvalue weighted by Gasteiger charge is 2.52. The molecule has 1 amide bonds. The summed E-state index contributed by atoms with van der Waals surface area (Å²) in [6.07, 6.45) is 0. The molecule has 10 heteroatoms. The van der Waals surface area contributed by atoms with Crippen molar-refractivity contribution in [2.45, 2.75) is 6.92 Å². The average Bonchev–Trinajstić information content (AvgIpc) is 2.90. The third-order valence-corrected chi connectivity index (χ3v) is 10.4. The van der Waals surface area contributed by atoms with Crippen LogP contribution >= 0.6 is 30.5 Å². The van der Waals surface area contributed by atoms with Gasteiger partial charge in [0.25, 0.3) is 5.91 Å². The van der Waals surface area contributed by atoms with Gasteiger partial charge in [-0.25, -0.2) is 0 Å². The number of carbonyl (C=O) groups excluding carboxylic acids is 1. The number of halogens is 3. The molecule has 4 rings (SSSR count). The highest BCUT2D eigenvalue weighted by molar-refractivity contribution is 7.99. The SMILES string of the molecule is Cc1ccc(C(=O)NC(=C(Cl)Cl)[P+](c2ccccc2)(c2ccccc2)c2ccccc2)cc1.[O-][Cl+3]([O-])([O-])O. The van der Waals surface area contributed by atoms with Crippen molar-refractivity contribution < 1.29 is 33.7 Å². The lowest BCUT2D eigenvalue weighted by atomic mass is 10.1. The zero-order valence-corrected chi connectivity index (χ0v) is 23.3. The van der Waals surface area contributed by atoms with Gasteiger partial charge in [-0.05, 0) is 55.5 Å². The van der Waals surface area contributed by atoms with Crippen molar-refractivity contribution in [3.8, 4) is 0 Å². The van der Waals surface area contributed by atoms with E-state index in [0.717, 1.165) is 21.5 Å². The molecule has 6 nitrogen and oxygen atoms in total.